The number of aliphatic hydroxyl groups is 1. The van der Waals surface area contributed by atoms with Gasteiger partial charge in [-0.1, -0.05) is 19.1 Å². The van der Waals surface area contributed by atoms with Crippen LogP contribution in [0.15, 0.2) is 41.0 Å². The van der Waals surface area contributed by atoms with Crippen LogP contribution in [-0.4, -0.2) is 11.0 Å². The fourth-order valence-electron chi connectivity index (χ4n) is 1.86. The lowest BCUT2D eigenvalue weighted by molar-refractivity contribution is 0.102. The van der Waals surface area contributed by atoms with Gasteiger partial charge in [-0.3, -0.25) is 4.79 Å². The molecule has 1 atom stereocenters. The zero-order chi connectivity index (χ0) is 13.8. The van der Waals surface area contributed by atoms with Crippen molar-refractivity contribution >= 4 is 11.6 Å². The summed E-state index contributed by atoms with van der Waals surface area (Å²) in [4.78, 5) is 12.1. The number of nitrogens with one attached hydrogen (secondary N) is 1. The lowest BCUT2D eigenvalue weighted by Gasteiger charge is -2.07. The minimum atomic E-state index is -0.509. The van der Waals surface area contributed by atoms with Crippen molar-refractivity contribution < 1.29 is 14.3 Å². The first-order valence-electron chi connectivity index (χ1n) is 6.27. The topological polar surface area (TPSA) is 62.5 Å². The maximum absolute atomic E-state index is 12.1. The highest BCUT2D eigenvalue weighted by atomic mass is 16.3. The van der Waals surface area contributed by atoms with Gasteiger partial charge in [0.1, 0.15) is 5.76 Å². The van der Waals surface area contributed by atoms with Gasteiger partial charge in [-0.2, -0.15) is 0 Å². The Morgan fingerprint density at radius 1 is 1.32 bits per heavy atom. The van der Waals surface area contributed by atoms with E-state index in [2.05, 4.69) is 5.32 Å². The minimum absolute atomic E-state index is 0.185. The van der Waals surface area contributed by atoms with Gasteiger partial charge in [0.05, 0.1) is 17.9 Å². The number of benzene rings is 1. The standard InChI is InChI=1S/C15H17NO3/c1-3-14-13(8-9-19-14)15(18)16-12-6-4-11(5-7-12)10(2)17/h4-10,17H,3H2,1-2H3,(H,16,18). The molecule has 2 N–H and O–H groups in total. The Hall–Kier alpha value is -2.07. The molecule has 1 heterocycles. The average Bonchev–Trinajstić information content (AvgIpc) is 2.87. The molecule has 0 spiro atoms. The third-order valence-electron chi connectivity index (χ3n) is 2.96. The van der Waals surface area contributed by atoms with Crippen LogP contribution in [0.5, 0.6) is 0 Å². The first-order valence-corrected chi connectivity index (χ1v) is 6.27. The van der Waals surface area contributed by atoms with E-state index in [1.807, 2.05) is 6.92 Å². The second kappa shape index (κ2) is 5.71. The van der Waals surface area contributed by atoms with Crippen molar-refractivity contribution in [3.63, 3.8) is 0 Å². The first kappa shape index (κ1) is 13.4. The molecule has 100 valence electrons. The molecule has 0 aliphatic heterocycles. The predicted molar refractivity (Wildman–Crippen MR) is 73.1 cm³/mol. The molecular weight excluding hydrogens is 242 g/mol. The maximum Gasteiger partial charge on any atom is 0.259 e. The van der Waals surface area contributed by atoms with E-state index in [1.165, 1.54) is 6.26 Å². The predicted octanol–water partition coefficient (Wildman–Crippen LogP) is 3.15. The summed E-state index contributed by atoms with van der Waals surface area (Å²) in [6.45, 7) is 3.64. The molecule has 0 aliphatic carbocycles. The summed E-state index contributed by atoms with van der Waals surface area (Å²) in [7, 11) is 0. The molecule has 0 saturated heterocycles. The smallest absolute Gasteiger partial charge is 0.259 e. The number of rotatable bonds is 4. The van der Waals surface area contributed by atoms with E-state index < -0.39 is 6.10 Å². The molecule has 2 aromatic rings. The summed E-state index contributed by atoms with van der Waals surface area (Å²) < 4.78 is 5.23. The summed E-state index contributed by atoms with van der Waals surface area (Å²) >= 11 is 0. The Kier molecular flexibility index (Phi) is 4.02. The molecule has 0 radical (unpaired) electrons. The average molecular weight is 259 g/mol. The van der Waals surface area contributed by atoms with E-state index >= 15 is 0 Å². The summed E-state index contributed by atoms with van der Waals surface area (Å²) in [6, 6.07) is 8.78. The second-order valence-corrected chi connectivity index (χ2v) is 4.36. The summed E-state index contributed by atoms with van der Waals surface area (Å²) in [5.74, 6) is 0.494. The molecule has 4 heteroatoms. The fourth-order valence-corrected chi connectivity index (χ4v) is 1.86. The number of carbonyl (C=O) groups excluding carboxylic acids is 1. The summed E-state index contributed by atoms with van der Waals surface area (Å²) in [5, 5.41) is 12.2. The van der Waals surface area contributed by atoms with Gasteiger partial charge in [0.25, 0.3) is 5.91 Å². The Morgan fingerprint density at radius 2 is 2.00 bits per heavy atom. The first-order chi connectivity index (χ1) is 9.11. The molecule has 1 unspecified atom stereocenters. The lowest BCUT2D eigenvalue weighted by atomic mass is 10.1. The Labute approximate surface area is 112 Å². The van der Waals surface area contributed by atoms with Gasteiger partial charge in [-0.25, -0.2) is 0 Å². The number of aryl methyl sites for hydroxylation is 1. The number of hydrogen-bond acceptors (Lipinski definition) is 3. The number of aliphatic hydroxyl groups excluding tert-OH is 1. The van der Waals surface area contributed by atoms with E-state index in [0.717, 1.165) is 5.56 Å². The van der Waals surface area contributed by atoms with Crippen molar-refractivity contribution in [1.82, 2.24) is 0 Å². The minimum Gasteiger partial charge on any atom is -0.469 e. The normalized spacial score (nSPS) is 12.2. The van der Waals surface area contributed by atoms with Crippen LogP contribution in [0.1, 0.15) is 41.6 Å². The second-order valence-electron chi connectivity index (χ2n) is 4.36. The monoisotopic (exact) mass is 259 g/mol. The van der Waals surface area contributed by atoms with E-state index in [-0.39, 0.29) is 5.91 Å². The van der Waals surface area contributed by atoms with Crippen LogP contribution in [0.25, 0.3) is 0 Å². The van der Waals surface area contributed by atoms with Gasteiger partial charge in [0.15, 0.2) is 0 Å². The third kappa shape index (κ3) is 3.03. The molecule has 4 nitrogen and oxygen atoms in total. The van der Waals surface area contributed by atoms with Crippen LogP contribution in [-0.2, 0) is 6.42 Å². The zero-order valence-corrected chi connectivity index (χ0v) is 11.0. The number of amides is 1. The largest absolute Gasteiger partial charge is 0.469 e. The number of carbonyl (C=O) groups is 1. The quantitative estimate of drug-likeness (QED) is 0.886. The van der Waals surface area contributed by atoms with Crippen LogP contribution < -0.4 is 5.32 Å². The molecule has 1 aromatic heterocycles. The molecule has 0 fully saturated rings. The van der Waals surface area contributed by atoms with Crippen molar-refractivity contribution in [2.75, 3.05) is 5.32 Å². The third-order valence-corrected chi connectivity index (χ3v) is 2.96. The highest BCUT2D eigenvalue weighted by Crippen LogP contribution is 2.18. The molecule has 19 heavy (non-hydrogen) atoms. The Bertz CT molecular complexity index is 555. The highest BCUT2D eigenvalue weighted by Gasteiger charge is 2.13. The molecule has 2 rings (SSSR count). The van der Waals surface area contributed by atoms with E-state index in [1.54, 1.807) is 37.3 Å². The van der Waals surface area contributed by atoms with Crippen molar-refractivity contribution in [1.29, 1.82) is 0 Å². The van der Waals surface area contributed by atoms with Crippen LogP contribution in [0, 0.1) is 0 Å². The van der Waals surface area contributed by atoms with Gasteiger partial charge in [0, 0.05) is 12.1 Å². The Morgan fingerprint density at radius 3 is 2.58 bits per heavy atom. The zero-order valence-electron chi connectivity index (χ0n) is 11.0. The van der Waals surface area contributed by atoms with Gasteiger partial charge >= 0.3 is 0 Å². The lowest BCUT2D eigenvalue weighted by Crippen LogP contribution is -2.12. The van der Waals surface area contributed by atoms with Gasteiger partial charge in [-0.15, -0.1) is 0 Å². The van der Waals surface area contributed by atoms with Crippen LogP contribution in [0.4, 0.5) is 5.69 Å². The number of anilines is 1. The number of furan rings is 1. The van der Waals surface area contributed by atoms with Crippen molar-refractivity contribution in [2.24, 2.45) is 0 Å². The van der Waals surface area contributed by atoms with Gasteiger partial charge < -0.3 is 14.8 Å². The maximum atomic E-state index is 12.1. The van der Waals surface area contributed by atoms with E-state index in [0.29, 0.717) is 23.4 Å². The summed E-state index contributed by atoms with van der Waals surface area (Å²) in [5.41, 5.74) is 2.07. The van der Waals surface area contributed by atoms with Crippen LogP contribution in [0.2, 0.25) is 0 Å². The van der Waals surface area contributed by atoms with Gasteiger partial charge in [-0.05, 0) is 30.7 Å². The highest BCUT2D eigenvalue weighted by molar-refractivity contribution is 6.04. The van der Waals surface area contributed by atoms with Crippen LogP contribution >= 0.6 is 0 Å². The molecule has 0 saturated carbocycles. The molecular formula is C15H17NO3. The molecule has 0 aliphatic rings. The van der Waals surface area contributed by atoms with Crippen molar-refractivity contribution in [2.45, 2.75) is 26.4 Å². The fraction of sp³-hybridized carbons (Fsp3) is 0.267. The van der Waals surface area contributed by atoms with Crippen LogP contribution in [0.3, 0.4) is 0 Å². The Balaban J connectivity index is 2.11. The molecule has 0 bridgehead atoms. The summed E-state index contributed by atoms with van der Waals surface area (Å²) in [6.07, 6.45) is 1.69. The van der Waals surface area contributed by atoms with Crippen molar-refractivity contribution in [3.05, 3.63) is 53.5 Å². The van der Waals surface area contributed by atoms with E-state index in [9.17, 15) is 9.90 Å². The number of hydrogen-bond donors (Lipinski definition) is 2. The SMILES string of the molecule is CCc1occc1C(=O)Nc1ccc(C(C)O)cc1. The van der Waals surface area contributed by atoms with Gasteiger partial charge in [0.2, 0.25) is 0 Å². The van der Waals surface area contributed by atoms with Crippen molar-refractivity contribution in [3.8, 4) is 0 Å². The van der Waals surface area contributed by atoms with E-state index in [4.69, 9.17) is 4.42 Å². The molecule has 1 aromatic carbocycles. The molecule has 1 amide bonds.